The van der Waals surface area contributed by atoms with Crippen molar-refractivity contribution in [3.63, 3.8) is 0 Å². The van der Waals surface area contributed by atoms with Gasteiger partial charge in [-0.3, -0.25) is 4.72 Å². The zero-order valence-corrected chi connectivity index (χ0v) is 16.1. The van der Waals surface area contributed by atoms with Crippen LogP contribution in [0.25, 0.3) is 5.65 Å². The average Bonchev–Trinajstić information content (AvgIpc) is 3.00. The van der Waals surface area contributed by atoms with E-state index < -0.39 is 12.1 Å². The Morgan fingerprint density at radius 3 is 2.67 bits per heavy atom. The Labute approximate surface area is 159 Å². The van der Waals surface area contributed by atoms with E-state index in [0.29, 0.717) is 5.65 Å². The van der Waals surface area contributed by atoms with Gasteiger partial charge in [0, 0.05) is 10.6 Å². The van der Waals surface area contributed by atoms with Gasteiger partial charge >= 0.3 is 0 Å². The highest BCUT2D eigenvalue weighted by atomic mass is 32.2. The maximum absolute atomic E-state index is 13.3. The van der Waals surface area contributed by atoms with E-state index in [2.05, 4.69) is 25.1 Å². The lowest BCUT2D eigenvalue weighted by atomic mass is 10.2. The van der Waals surface area contributed by atoms with Crippen LogP contribution in [0.5, 0.6) is 5.88 Å². The summed E-state index contributed by atoms with van der Waals surface area (Å²) in [5.74, 6) is 0.171. The van der Waals surface area contributed by atoms with Crippen LogP contribution in [0.15, 0.2) is 29.3 Å². The predicted molar refractivity (Wildman–Crippen MR) is 101 cm³/mol. The van der Waals surface area contributed by atoms with Crippen LogP contribution in [0.3, 0.4) is 0 Å². The zero-order chi connectivity index (χ0) is 19.6. The molecule has 0 radical (unpaired) electrons. The summed E-state index contributed by atoms with van der Waals surface area (Å²) in [5.41, 5.74) is 1.67. The average molecular weight is 394 g/mol. The third kappa shape index (κ3) is 4.28. The number of fused-ring (bicyclic) bond motifs is 1. The molecule has 0 atom stereocenters. The number of hydrogen-bond donors (Lipinski definition) is 2. The minimum Gasteiger partial charge on any atom is -0.473 e. The van der Waals surface area contributed by atoms with E-state index in [9.17, 15) is 8.78 Å². The number of hydrogen-bond acceptors (Lipinski definition) is 7. The van der Waals surface area contributed by atoms with Gasteiger partial charge in [-0.25, -0.2) is 13.8 Å². The van der Waals surface area contributed by atoms with E-state index in [1.165, 1.54) is 22.7 Å². The molecular weight excluding hydrogens is 374 g/mol. The van der Waals surface area contributed by atoms with Crippen LogP contribution >= 0.6 is 11.9 Å². The summed E-state index contributed by atoms with van der Waals surface area (Å²) in [5, 5.41) is 7.40. The van der Waals surface area contributed by atoms with Gasteiger partial charge in [-0.2, -0.15) is 9.50 Å². The van der Waals surface area contributed by atoms with Crippen molar-refractivity contribution in [2.75, 3.05) is 12.4 Å². The van der Waals surface area contributed by atoms with Crippen molar-refractivity contribution >= 4 is 29.2 Å². The van der Waals surface area contributed by atoms with Crippen molar-refractivity contribution < 1.29 is 13.5 Å². The molecule has 0 saturated carbocycles. The summed E-state index contributed by atoms with van der Waals surface area (Å²) in [6, 6.07) is 5.88. The normalized spacial score (nSPS) is 11.6. The van der Waals surface area contributed by atoms with Gasteiger partial charge in [0.1, 0.15) is 0 Å². The predicted octanol–water partition coefficient (Wildman–Crippen LogP) is 4.13. The molecule has 2 heterocycles. The summed E-state index contributed by atoms with van der Waals surface area (Å²) >= 11 is 1.51. The Bertz CT molecular complexity index is 947. The van der Waals surface area contributed by atoms with Crippen LogP contribution in [-0.2, 0) is 0 Å². The number of benzene rings is 1. The van der Waals surface area contributed by atoms with Crippen molar-refractivity contribution in [3.8, 4) is 5.88 Å². The molecular formula is C17H20F2N6OS. The molecule has 0 bridgehead atoms. The van der Waals surface area contributed by atoms with Gasteiger partial charge in [-0.05, 0) is 63.5 Å². The summed E-state index contributed by atoms with van der Waals surface area (Å²) in [4.78, 5) is 9.18. The lowest BCUT2D eigenvalue weighted by molar-refractivity contribution is 0.131. The van der Waals surface area contributed by atoms with E-state index in [1.807, 2.05) is 32.2 Å². The van der Waals surface area contributed by atoms with E-state index in [-0.39, 0.29) is 17.9 Å². The van der Waals surface area contributed by atoms with E-state index in [1.54, 1.807) is 13.8 Å². The van der Waals surface area contributed by atoms with Gasteiger partial charge in [0.2, 0.25) is 11.8 Å². The molecule has 1 aromatic carbocycles. The number of ether oxygens (including phenoxy) is 1. The first kappa shape index (κ1) is 19.3. The molecule has 7 nitrogen and oxygen atoms in total. The minimum absolute atomic E-state index is 0.101. The van der Waals surface area contributed by atoms with Crippen LogP contribution in [-0.4, -0.2) is 32.7 Å². The molecule has 0 aliphatic rings. The summed E-state index contributed by atoms with van der Waals surface area (Å²) in [6.07, 6.45) is -1.83. The maximum Gasteiger partial charge on any atom is 0.285 e. The molecule has 0 saturated heterocycles. The number of alkyl halides is 2. The van der Waals surface area contributed by atoms with Crippen LogP contribution in [0, 0.1) is 6.92 Å². The second kappa shape index (κ2) is 8.05. The first-order chi connectivity index (χ1) is 12.9. The molecule has 0 unspecified atom stereocenters. The number of aromatic nitrogens is 4. The number of nitrogens with zero attached hydrogens (tertiary/aromatic N) is 4. The highest BCUT2D eigenvalue weighted by Crippen LogP contribution is 2.29. The van der Waals surface area contributed by atoms with Crippen LogP contribution < -0.4 is 14.8 Å². The molecule has 3 rings (SSSR count). The van der Waals surface area contributed by atoms with Crippen LogP contribution in [0.1, 0.15) is 31.5 Å². The third-order valence-corrected chi connectivity index (χ3v) is 4.27. The minimum atomic E-state index is -2.77. The molecule has 3 aromatic rings. The molecule has 144 valence electrons. The Balaban J connectivity index is 1.97. The quantitative estimate of drug-likeness (QED) is 0.584. The SMILES string of the molecule is CNSc1ccc(Nc2nc3cnc(C(F)F)c(OC(C)C)n3n2)c(C)c1. The number of rotatable bonds is 7. The Morgan fingerprint density at radius 1 is 1.26 bits per heavy atom. The standard InChI is InChI=1S/C17H20F2N6OS/c1-9(2)26-16-14(15(18)19)21-8-13-23-17(24-25(13)16)22-12-6-5-11(27-20-4)7-10(12)3/h5-9,15,20H,1-4H3,(H,22,24). The second-order valence-electron chi connectivity index (χ2n) is 6.03. The van der Waals surface area contributed by atoms with E-state index >= 15 is 0 Å². The van der Waals surface area contributed by atoms with Crippen molar-refractivity contribution in [2.45, 2.75) is 38.2 Å². The highest BCUT2D eigenvalue weighted by molar-refractivity contribution is 7.97. The third-order valence-electron chi connectivity index (χ3n) is 3.58. The number of nitrogens with one attached hydrogen (secondary N) is 2. The van der Waals surface area contributed by atoms with Crippen LogP contribution in [0.2, 0.25) is 0 Å². The first-order valence-electron chi connectivity index (χ1n) is 8.30. The fraction of sp³-hybridized carbons (Fsp3) is 0.353. The van der Waals surface area contributed by atoms with E-state index in [4.69, 9.17) is 4.74 Å². The molecule has 0 aliphatic heterocycles. The van der Waals surface area contributed by atoms with Gasteiger partial charge in [0.25, 0.3) is 6.43 Å². The monoisotopic (exact) mass is 394 g/mol. The number of anilines is 2. The Hall–Kier alpha value is -2.46. The van der Waals surface area contributed by atoms with E-state index in [0.717, 1.165) is 16.1 Å². The fourth-order valence-electron chi connectivity index (χ4n) is 2.46. The number of halogens is 2. The van der Waals surface area contributed by atoms with Crippen molar-refractivity contribution in [1.29, 1.82) is 0 Å². The van der Waals surface area contributed by atoms with Crippen molar-refractivity contribution in [1.82, 2.24) is 24.3 Å². The summed E-state index contributed by atoms with van der Waals surface area (Å²) in [6.45, 7) is 5.46. The lowest BCUT2D eigenvalue weighted by Crippen LogP contribution is -2.13. The second-order valence-corrected chi connectivity index (χ2v) is 7.11. The van der Waals surface area contributed by atoms with Gasteiger partial charge < -0.3 is 10.1 Å². The maximum atomic E-state index is 13.3. The molecule has 0 fully saturated rings. The summed E-state index contributed by atoms with van der Waals surface area (Å²) in [7, 11) is 1.85. The molecule has 0 aliphatic carbocycles. The molecule has 27 heavy (non-hydrogen) atoms. The van der Waals surface area contributed by atoms with Gasteiger partial charge in [-0.15, -0.1) is 5.10 Å². The molecule has 10 heteroatoms. The Morgan fingerprint density at radius 2 is 2.04 bits per heavy atom. The Kier molecular flexibility index (Phi) is 5.76. The largest absolute Gasteiger partial charge is 0.473 e. The first-order valence-corrected chi connectivity index (χ1v) is 9.12. The fourth-order valence-corrected chi connectivity index (χ4v) is 3.07. The van der Waals surface area contributed by atoms with Crippen molar-refractivity contribution in [2.24, 2.45) is 0 Å². The molecule has 2 aromatic heterocycles. The van der Waals surface area contributed by atoms with Gasteiger partial charge in [0.05, 0.1) is 12.3 Å². The summed E-state index contributed by atoms with van der Waals surface area (Å²) < 4.78 is 36.4. The smallest absolute Gasteiger partial charge is 0.285 e. The number of aryl methyl sites for hydroxylation is 1. The highest BCUT2D eigenvalue weighted by Gasteiger charge is 2.22. The molecule has 0 spiro atoms. The van der Waals surface area contributed by atoms with Crippen LogP contribution in [0.4, 0.5) is 20.4 Å². The van der Waals surface area contributed by atoms with Gasteiger partial charge in [-0.1, -0.05) is 0 Å². The van der Waals surface area contributed by atoms with Gasteiger partial charge in [0.15, 0.2) is 11.3 Å². The molecule has 0 amide bonds. The lowest BCUT2D eigenvalue weighted by Gasteiger charge is -2.13. The molecule has 2 N–H and O–H groups in total. The topological polar surface area (TPSA) is 76.4 Å². The van der Waals surface area contributed by atoms with Crippen molar-refractivity contribution in [3.05, 3.63) is 35.7 Å². The zero-order valence-electron chi connectivity index (χ0n) is 15.3.